The standard InChI is InChI=1S/C15H13Br3/c1-9-7-14(17)10(2)6-13(9)15(18)11-4-3-5-12(16)8-11/h3-8,15H,1-2H3. The summed E-state index contributed by atoms with van der Waals surface area (Å²) in [6, 6.07) is 12.8. The van der Waals surface area contributed by atoms with Crippen LogP contribution in [0.2, 0.25) is 0 Å². The molecule has 94 valence electrons. The van der Waals surface area contributed by atoms with E-state index in [2.05, 4.69) is 92.0 Å². The fourth-order valence-electron chi connectivity index (χ4n) is 1.92. The van der Waals surface area contributed by atoms with Crippen molar-refractivity contribution >= 4 is 47.8 Å². The van der Waals surface area contributed by atoms with Gasteiger partial charge in [-0.2, -0.15) is 0 Å². The highest BCUT2D eigenvalue weighted by Gasteiger charge is 2.14. The molecular formula is C15H13Br3. The van der Waals surface area contributed by atoms with Gasteiger partial charge in [-0.1, -0.05) is 66.0 Å². The Morgan fingerprint density at radius 2 is 1.67 bits per heavy atom. The third-order valence-corrected chi connectivity index (χ3v) is 5.33. The minimum atomic E-state index is 0.224. The third-order valence-electron chi connectivity index (χ3n) is 2.96. The number of alkyl halides is 1. The van der Waals surface area contributed by atoms with Gasteiger partial charge < -0.3 is 0 Å². The quantitative estimate of drug-likeness (QED) is 0.487. The molecule has 0 fully saturated rings. The molecule has 0 aromatic heterocycles. The molecule has 0 heterocycles. The Kier molecular flexibility index (Phi) is 4.68. The van der Waals surface area contributed by atoms with E-state index in [1.54, 1.807) is 0 Å². The second-order valence-electron chi connectivity index (χ2n) is 4.38. The molecule has 0 saturated heterocycles. The van der Waals surface area contributed by atoms with Gasteiger partial charge in [-0.25, -0.2) is 0 Å². The predicted octanol–water partition coefficient (Wildman–Crippen LogP) is 6.31. The van der Waals surface area contributed by atoms with Gasteiger partial charge in [0.05, 0.1) is 4.83 Å². The lowest BCUT2D eigenvalue weighted by Gasteiger charge is -2.15. The van der Waals surface area contributed by atoms with Crippen molar-refractivity contribution in [2.24, 2.45) is 0 Å². The lowest BCUT2D eigenvalue weighted by molar-refractivity contribution is 1.13. The number of halogens is 3. The molecule has 0 saturated carbocycles. The third kappa shape index (κ3) is 3.06. The molecule has 0 aliphatic carbocycles. The van der Waals surface area contributed by atoms with Crippen molar-refractivity contribution in [3.8, 4) is 0 Å². The summed E-state index contributed by atoms with van der Waals surface area (Å²) >= 11 is 10.9. The first-order valence-corrected chi connectivity index (χ1v) is 8.15. The van der Waals surface area contributed by atoms with Crippen LogP contribution in [0.25, 0.3) is 0 Å². The summed E-state index contributed by atoms with van der Waals surface area (Å²) < 4.78 is 2.27. The summed E-state index contributed by atoms with van der Waals surface area (Å²) in [7, 11) is 0. The van der Waals surface area contributed by atoms with Crippen LogP contribution in [0.3, 0.4) is 0 Å². The molecule has 0 aliphatic heterocycles. The normalized spacial score (nSPS) is 12.5. The second kappa shape index (κ2) is 5.89. The zero-order valence-corrected chi connectivity index (χ0v) is 14.9. The van der Waals surface area contributed by atoms with Gasteiger partial charge in [0.15, 0.2) is 0 Å². The zero-order chi connectivity index (χ0) is 13.3. The first-order chi connectivity index (χ1) is 8.49. The number of benzene rings is 2. The van der Waals surface area contributed by atoms with Crippen molar-refractivity contribution in [1.29, 1.82) is 0 Å². The molecule has 0 bridgehead atoms. The van der Waals surface area contributed by atoms with Crippen LogP contribution >= 0.6 is 47.8 Å². The van der Waals surface area contributed by atoms with Crippen LogP contribution < -0.4 is 0 Å². The Morgan fingerprint density at radius 3 is 2.33 bits per heavy atom. The maximum absolute atomic E-state index is 3.80. The van der Waals surface area contributed by atoms with Crippen LogP contribution in [0, 0.1) is 13.8 Å². The summed E-state index contributed by atoms with van der Waals surface area (Å²) in [6.07, 6.45) is 0. The van der Waals surface area contributed by atoms with Crippen LogP contribution in [0.1, 0.15) is 27.1 Å². The van der Waals surface area contributed by atoms with E-state index in [-0.39, 0.29) is 4.83 Å². The summed E-state index contributed by atoms with van der Waals surface area (Å²) in [6.45, 7) is 4.26. The Morgan fingerprint density at radius 1 is 0.944 bits per heavy atom. The smallest absolute Gasteiger partial charge is 0.0647 e. The van der Waals surface area contributed by atoms with E-state index in [1.165, 1.54) is 22.3 Å². The van der Waals surface area contributed by atoms with E-state index in [0.29, 0.717) is 0 Å². The second-order valence-corrected chi connectivity index (χ2v) is 7.06. The lowest BCUT2D eigenvalue weighted by atomic mass is 9.98. The highest BCUT2D eigenvalue weighted by atomic mass is 79.9. The van der Waals surface area contributed by atoms with Crippen molar-refractivity contribution in [3.05, 3.63) is 67.6 Å². The zero-order valence-electron chi connectivity index (χ0n) is 10.2. The predicted molar refractivity (Wildman–Crippen MR) is 88.5 cm³/mol. The van der Waals surface area contributed by atoms with Gasteiger partial charge in [0, 0.05) is 8.95 Å². The molecule has 0 spiro atoms. The van der Waals surface area contributed by atoms with Crippen molar-refractivity contribution in [2.45, 2.75) is 18.7 Å². The average molecular weight is 433 g/mol. The molecule has 0 aliphatic rings. The van der Waals surface area contributed by atoms with Crippen LogP contribution in [-0.4, -0.2) is 0 Å². The van der Waals surface area contributed by atoms with Crippen molar-refractivity contribution in [1.82, 2.24) is 0 Å². The lowest BCUT2D eigenvalue weighted by Crippen LogP contribution is -1.97. The number of hydrogen-bond donors (Lipinski definition) is 0. The van der Waals surface area contributed by atoms with Crippen LogP contribution in [-0.2, 0) is 0 Å². The molecule has 0 amide bonds. The van der Waals surface area contributed by atoms with Crippen molar-refractivity contribution in [2.75, 3.05) is 0 Å². The fraction of sp³-hybridized carbons (Fsp3) is 0.200. The number of aryl methyl sites for hydroxylation is 2. The first kappa shape index (κ1) is 14.3. The number of hydrogen-bond acceptors (Lipinski definition) is 0. The largest absolute Gasteiger partial charge is 0.0786 e. The highest BCUT2D eigenvalue weighted by Crippen LogP contribution is 2.35. The van der Waals surface area contributed by atoms with E-state index >= 15 is 0 Å². The van der Waals surface area contributed by atoms with E-state index in [4.69, 9.17) is 0 Å². The Labute approximate surface area is 133 Å². The fourth-order valence-corrected chi connectivity index (χ4v) is 3.57. The Balaban J connectivity index is 2.46. The van der Waals surface area contributed by atoms with E-state index in [1.807, 2.05) is 6.07 Å². The summed E-state index contributed by atoms with van der Waals surface area (Å²) in [4.78, 5) is 0.224. The summed E-state index contributed by atoms with van der Waals surface area (Å²) in [5.41, 5.74) is 5.12. The molecule has 1 unspecified atom stereocenters. The van der Waals surface area contributed by atoms with Crippen molar-refractivity contribution < 1.29 is 0 Å². The molecule has 2 aromatic carbocycles. The summed E-state index contributed by atoms with van der Waals surface area (Å²) in [5, 5.41) is 0. The Bertz CT molecular complexity index is 576. The number of rotatable bonds is 2. The van der Waals surface area contributed by atoms with Gasteiger partial charge in [-0.3, -0.25) is 0 Å². The van der Waals surface area contributed by atoms with E-state index in [9.17, 15) is 0 Å². The topological polar surface area (TPSA) is 0 Å². The van der Waals surface area contributed by atoms with Crippen LogP contribution in [0.4, 0.5) is 0 Å². The molecule has 18 heavy (non-hydrogen) atoms. The molecular weight excluding hydrogens is 420 g/mol. The van der Waals surface area contributed by atoms with Crippen molar-refractivity contribution in [3.63, 3.8) is 0 Å². The average Bonchev–Trinajstić information content (AvgIpc) is 2.33. The van der Waals surface area contributed by atoms with Gasteiger partial charge in [-0.15, -0.1) is 0 Å². The van der Waals surface area contributed by atoms with E-state index in [0.717, 1.165) is 8.95 Å². The van der Waals surface area contributed by atoms with E-state index < -0.39 is 0 Å². The summed E-state index contributed by atoms with van der Waals surface area (Å²) in [5.74, 6) is 0. The maximum atomic E-state index is 3.80. The molecule has 0 nitrogen and oxygen atoms in total. The first-order valence-electron chi connectivity index (χ1n) is 5.65. The van der Waals surface area contributed by atoms with Crippen LogP contribution in [0.15, 0.2) is 45.3 Å². The van der Waals surface area contributed by atoms with Gasteiger partial charge in [-0.05, 0) is 54.3 Å². The highest BCUT2D eigenvalue weighted by molar-refractivity contribution is 9.11. The maximum Gasteiger partial charge on any atom is 0.0647 e. The molecule has 3 heteroatoms. The minimum Gasteiger partial charge on any atom is -0.0786 e. The molecule has 0 radical (unpaired) electrons. The molecule has 1 atom stereocenters. The van der Waals surface area contributed by atoms with Gasteiger partial charge >= 0.3 is 0 Å². The molecule has 2 aromatic rings. The monoisotopic (exact) mass is 430 g/mol. The van der Waals surface area contributed by atoms with Gasteiger partial charge in [0.25, 0.3) is 0 Å². The molecule has 2 rings (SSSR count). The van der Waals surface area contributed by atoms with Gasteiger partial charge in [0.2, 0.25) is 0 Å². The SMILES string of the molecule is Cc1cc(C(Br)c2cccc(Br)c2)c(C)cc1Br. The Hall–Kier alpha value is -0.120. The minimum absolute atomic E-state index is 0.224. The molecule has 0 N–H and O–H groups in total. The van der Waals surface area contributed by atoms with Gasteiger partial charge in [0.1, 0.15) is 0 Å². The van der Waals surface area contributed by atoms with Crippen LogP contribution in [0.5, 0.6) is 0 Å².